The fourth-order valence-corrected chi connectivity index (χ4v) is 3.03. The smallest absolute Gasteiger partial charge is 0.326 e. The molecule has 0 radical (unpaired) electrons. The standard InChI is InChI=1S/C19H13F4N3O2S/c20-13-5-1-11(2-6-13)17(28)26-18-25-15(10-29-18)9-16(27)24-14-7-3-12(4-8-14)19(21,22)23/h1-8,10H,9H2,(H,24,27)(H,25,26,28). The van der Waals surface area contributed by atoms with Crippen molar-refractivity contribution in [1.29, 1.82) is 0 Å². The number of carbonyl (C=O) groups excluding carboxylic acids is 2. The van der Waals surface area contributed by atoms with Crippen LogP contribution in [0.2, 0.25) is 0 Å². The number of nitrogens with zero attached hydrogens (tertiary/aromatic N) is 1. The zero-order valence-corrected chi connectivity index (χ0v) is 15.4. The molecule has 0 spiro atoms. The van der Waals surface area contributed by atoms with Crippen LogP contribution in [-0.2, 0) is 17.4 Å². The van der Waals surface area contributed by atoms with E-state index in [0.717, 1.165) is 47.7 Å². The van der Waals surface area contributed by atoms with Crippen LogP contribution in [0.5, 0.6) is 0 Å². The first kappa shape index (κ1) is 20.5. The molecule has 2 N–H and O–H groups in total. The molecule has 150 valence electrons. The maximum atomic E-state index is 12.9. The summed E-state index contributed by atoms with van der Waals surface area (Å²) in [6.45, 7) is 0. The van der Waals surface area contributed by atoms with Gasteiger partial charge in [0.25, 0.3) is 5.91 Å². The molecule has 10 heteroatoms. The van der Waals surface area contributed by atoms with Crippen molar-refractivity contribution in [2.24, 2.45) is 0 Å². The number of hydrogen-bond acceptors (Lipinski definition) is 4. The molecule has 2 amide bonds. The van der Waals surface area contributed by atoms with Crippen LogP contribution in [0.4, 0.5) is 28.4 Å². The maximum Gasteiger partial charge on any atom is 0.416 e. The molecule has 1 heterocycles. The van der Waals surface area contributed by atoms with E-state index in [4.69, 9.17) is 0 Å². The molecule has 0 aliphatic rings. The minimum absolute atomic E-state index is 0.121. The van der Waals surface area contributed by atoms with Gasteiger partial charge in [-0.2, -0.15) is 13.2 Å². The molecule has 3 rings (SSSR count). The Hall–Kier alpha value is -3.27. The highest BCUT2D eigenvalue weighted by molar-refractivity contribution is 7.14. The van der Waals surface area contributed by atoms with Gasteiger partial charge in [-0.05, 0) is 48.5 Å². The molecule has 0 saturated heterocycles. The largest absolute Gasteiger partial charge is 0.416 e. The fourth-order valence-electron chi connectivity index (χ4n) is 2.33. The molecule has 0 saturated carbocycles. The minimum atomic E-state index is -4.45. The van der Waals surface area contributed by atoms with Gasteiger partial charge in [-0.25, -0.2) is 9.37 Å². The third-order valence-corrected chi connectivity index (χ3v) is 4.52. The lowest BCUT2D eigenvalue weighted by atomic mass is 10.2. The van der Waals surface area contributed by atoms with Crippen molar-refractivity contribution in [3.05, 3.63) is 76.5 Å². The lowest BCUT2D eigenvalue weighted by Gasteiger charge is -2.08. The SMILES string of the molecule is O=C(Cc1csc(NC(=O)c2ccc(F)cc2)n1)Nc1ccc(C(F)(F)F)cc1. The molecular formula is C19H13F4N3O2S. The van der Waals surface area contributed by atoms with Gasteiger partial charge in [-0.15, -0.1) is 11.3 Å². The number of thiazole rings is 1. The second-order valence-corrected chi connectivity index (χ2v) is 6.76. The van der Waals surface area contributed by atoms with Gasteiger partial charge in [-0.3, -0.25) is 14.9 Å². The summed E-state index contributed by atoms with van der Waals surface area (Å²) in [5, 5.41) is 6.87. The number of benzene rings is 2. The van der Waals surface area contributed by atoms with Crippen LogP contribution in [0.25, 0.3) is 0 Å². The second kappa shape index (κ2) is 8.39. The molecule has 0 fully saturated rings. The summed E-state index contributed by atoms with van der Waals surface area (Å²) in [7, 11) is 0. The fraction of sp³-hybridized carbons (Fsp3) is 0.105. The average Bonchev–Trinajstić information content (AvgIpc) is 3.08. The first-order chi connectivity index (χ1) is 13.7. The van der Waals surface area contributed by atoms with E-state index in [1.54, 1.807) is 5.38 Å². The van der Waals surface area contributed by atoms with Crippen LogP contribution in [0.15, 0.2) is 53.9 Å². The van der Waals surface area contributed by atoms with E-state index in [-0.39, 0.29) is 22.8 Å². The van der Waals surface area contributed by atoms with E-state index < -0.39 is 29.4 Å². The van der Waals surface area contributed by atoms with Gasteiger partial charge < -0.3 is 5.32 Å². The van der Waals surface area contributed by atoms with Gasteiger partial charge in [0.2, 0.25) is 5.91 Å². The number of hydrogen-bond donors (Lipinski definition) is 2. The molecule has 3 aromatic rings. The van der Waals surface area contributed by atoms with Crippen molar-refractivity contribution in [3.63, 3.8) is 0 Å². The Morgan fingerprint density at radius 1 is 0.966 bits per heavy atom. The Labute approximate surface area is 166 Å². The number of rotatable bonds is 5. The Kier molecular flexibility index (Phi) is 5.92. The van der Waals surface area contributed by atoms with Crippen LogP contribution < -0.4 is 10.6 Å². The van der Waals surface area contributed by atoms with Crippen molar-refractivity contribution in [2.75, 3.05) is 10.6 Å². The Balaban J connectivity index is 1.56. The van der Waals surface area contributed by atoms with E-state index >= 15 is 0 Å². The summed E-state index contributed by atoms with van der Waals surface area (Å²) in [5.74, 6) is -1.40. The third kappa shape index (κ3) is 5.61. The third-order valence-electron chi connectivity index (χ3n) is 3.72. The molecule has 2 aromatic carbocycles. The van der Waals surface area contributed by atoms with Crippen molar-refractivity contribution in [1.82, 2.24) is 4.98 Å². The minimum Gasteiger partial charge on any atom is -0.326 e. The van der Waals surface area contributed by atoms with Crippen molar-refractivity contribution in [2.45, 2.75) is 12.6 Å². The highest BCUT2D eigenvalue weighted by atomic mass is 32.1. The zero-order chi connectivity index (χ0) is 21.0. The molecule has 5 nitrogen and oxygen atoms in total. The summed E-state index contributed by atoms with van der Waals surface area (Å²) in [6, 6.07) is 9.06. The molecule has 0 aliphatic heterocycles. The molecule has 0 bridgehead atoms. The van der Waals surface area contributed by atoms with Crippen LogP contribution in [0, 0.1) is 5.82 Å². The first-order valence-electron chi connectivity index (χ1n) is 8.19. The predicted molar refractivity (Wildman–Crippen MR) is 100 cm³/mol. The number of amides is 2. The van der Waals surface area contributed by atoms with E-state index in [9.17, 15) is 27.2 Å². The van der Waals surface area contributed by atoms with Crippen LogP contribution in [0.1, 0.15) is 21.6 Å². The number of halogens is 4. The number of aromatic nitrogens is 1. The highest BCUT2D eigenvalue weighted by Gasteiger charge is 2.30. The lowest BCUT2D eigenvalue weighted by molar-refractivity contribution is -0.137. The van der Waals surface area contributed by atoms with Gasteiger partial charge in [-0.1, -0.05) is 0 Å². The summed E-state index contributed by atoms with van der Waals surface area (Å²) >= 11 is 1.11. The quantitative estimate of drug-likeness (QED) is 0.583. The molecule has 1 aromatic heterocycles. The van der Waals surface area contributed by atoms with Gasteiger partial charge >= 0.3 is 6.18 Å². The van der Waals surface area contributed by atoms with Crippen LogP contribution >= 0.6 is 11.3 Å². The zero-order valence-electron chi connectivity index (χ0n) is 14.6. The average molecular weight is 423 g/mol. The normalized spacial score (nSPS) is 11.2. The molecule has 0 unspecified atom stereocenters. The summed E-state index contributed by atoms with van der Waals surface area (Å²) in [4.78, 5) is 28.3. The molecule has 29 heavy (non-hydrogen) atoms. The predicted octanol–water partition coefficient (Wildman–Crippen LogP) is 4.73. The van der Waals surface area contributed by atoms with Crippen molar-refractivity contribution in [3.8, 4) is 0 Å². The topological polar surface area (TPSA) is 71.1 Å². The van der Waals surface area contributed by atoms with Crippen LogP contribution in [-0.4, -0.2) is 16.8 Å². The Morgan fingerprint density at radius 2 is 1.62 bits per heavy atom. The van der Waals surface area contributed by atoms with Gasteiger partial charge in [0.15, 0.2) is 5.13 Å². The van der Waals surface area contributed by atoms with Gasteiger partial charge in [0.1, 0.15) is 5.82 Å². The summed E-state index contributed by atoms with van der Waals surface area (Å²) in [5.41, 5.74) is 0.0524. The van der Waals surface area contributed by atoms with E-state index in [2.05, 4.69) is 15.6 Å². The number of anilines is 2. The van der Waals surface area contributed by atoms with Gasteiger partial charge in [0, 0.05) is 16.6 Å². The van der Waals surface area contributed by atoms with Crippen molar-refractivity contribution < 1.29 is 27.2 Å². The van der Waals surface area contributed by atoms with E-state index in [1.165, 1.54) is 12.1 Å². The number of alkyl halides is 3. The maximum absolute atomic E-state index is 12.9. The van der Waals surface area contributed by atoms with E-state index in [0.29, 0.717) is 5.69 Å². The lowest BCUT2D eigenvalue weighted by Crippen LogP contribution is -2.15. The summed E-state index contributed by atoms with van der Waals surface area (Å²) < 4.78 is 50.5. The summed E-state index contributed by atoms with van der Waals surface area (Å²) in [6.07, 6.45) is -4.57. The van der Waals surface area contributed by atoms with Crippen LogP contribution in [0.3, 0.4) is 0 Å². The van der Waals surface area contributed by atoms with Gasteiger partial charge in [0.05, 0.1) is 17.7 Å². The highest BCUT2D eigenvalue weighted by Crippen LogP contribution is 2.29. The van der Waals surface area contributed by atoms with E-state index in [1.807, 2.05) is 0 Å². The molecule has 0 aliphatic carbocycles. The number of nitrogens with one attached hydrogen (secondary N) is 2. The molecule has 0 atom stereocenters. The Bertz CT molecular complexity index is 1020. The monoisotopic (exact) mass is 423 g/mol. The van der Waals surface area contributed by atoms with Crippen molar-refractivity contribution >= 4 is 34.0 Å². The molecular weight excluding hydrogens is 410 g/mol. The first-order valence-corrected chi connectivity index (χ1v) is 9.07. The Morgan fingerprint density at radius 3 is 2.24 bits per heavy atom. The second-order valence-electron chi connectivity index (χ2n) is 5.91. The number of carbonyl (C=O) groups is 2.